The first kappa shape index (κ1) is 18.2. The second-order valence-electron chi connectivity index (χ2n) is 6.27. The minimum Gasteiger partial charge on any atom is -0.512 e. The summed E-state index contributed by atoms with van der Waals surface area (Å²) < 4.78 is 0. The van der Waals surface area contributed by atoms with Crippen LogP contribution < -0.4 is 0 Å². The zero-order chi connectivity index (χ0) is 15.0. The van der Waals surface area contributed by atoms with E-state index in [1.165, 1.54) is 6.08 Å². The van der Waals surface area contributed by atoms with Crippen molar-refractivity contribution < 1.29 is 9.90 Å². The quantitative estimate of drug-likeness (QED) is 0.464. The van der Waals surface area contributed by atoms with Crippen LogP contribution in [0.1, 0.15) is 67.2 Å². The van der Waals surface area contributed by atoms with Crippen molar-refractivity contribution in [2.24, 2.45) is 23.7 Å². The van der Waals surface area contributed by atoms with Gasteiger partial charge in [-0.1, -0.05) is 54.4 Å². The Morgan fingerprint density at radius 3 is 1.79 bits per heavy atom. The van der Waals surface area contributed by atoms with E-state index in [2.05, 4.69) is 27.7 Å². The van der Waals surface area contributed by atoms with Gasteiger partial charge in [0.25, 0.3) is 0 Å². The second kappa shape index (κ2) is 9.17. The lowest BCUT2D eigenvalue weighted by atomic mass is 9.90. The lowest BCUT2D eigenvalue weighted by Crippen LogP contribution is -2.14. The largest absolute Gasteiger partial charge is 0.512 e. The van der Waals surface area contributed by atoms with Crippen LogP contribution in [0.2, 0.25) is 0 Å². The zero-order valence-electron chi connectivity index (χ0n) is 13.6. The van der Waals surface area contributed by atoms with Crippen LogP contribution in [0.3, 0.4) is 0 Å². The first-order chi connectivity index (χ1) is 8.81. The number of rotatable bonds is 9. The number of aliphatic hydroxyl groups excluding tert-OH is 1. The molecule has 19 heavy (non-hydrogen) atoms. The predicted octanol–water partition coefficient (Wildman–Crippen LogP) is 5.14. The van der Waals surface area contributed by atoms with Crippen molar-refractivity contribution >= 4 is 5.78 Å². The highest BCUT2D eigenvalue weighted by molar-refractivity contribution is 5.91. The van der Waals surface area contributed by atoms with E-state index in [-0.39, 0.29) is 23.4 Å². The van der Waals surface area contributed by atoms with Gasteiger partial charge in [0.1, 0.15) is 0 Å². The van der Waals surface area contributed by atoms with E-state index in [0.717, 1.165) is 25.7 Å². The van der Waals surface area contributed by atoms with Gasteiger partial charge in [0.05, 0.1) is 5.76 Å². The highest BCUT2D eigenvalue weighted by Crippen LogP contribution is 2.21. The molecule has 0 fully saturated rings. The molecular weight excluding hydrogens is 236 g/mol. The van der Waals surface area contributed by atoms with E-state index in [1.807, 2.05) is 13.8 Å². The molecule has 0 saturated heterocycles. The molecular formula is C17H32O2. The summed E-state index contributed by atoms with van der Waals surface area (Å²) in [5.41, 5.74) is 0. The molecule has 0 aliphatic rings. The van der Waals surface area contributed by atoms with Gasteiger partial charge in [0, 0.05) is 17.9 Å². The Morgan fingerprint density at radius 2 is 1.37 bits per heavy atom. The van der Waals surface area contributed by atoms with Crippen LogP contribution >= 0.6 is 0 Å². The van der Waals surface area contributed by atoms with E-state index < -0.39 is 0 Å². The molecule has 2 nitrogen and oxygen atoms in total. The molecule has 0 spiro atoms. The van der Waals surface area contributed by atoms with Gasteiger partial charge in [0.2, 0.25) is 0 Å². The number of aliphatic hydroxyl groups is 1. The molecule has 0 aliphatic heterocycles. The fraction of sp³-hybridized carbons (Fsp3) is 0.824. The molecule has 4 atom stereocenters. The summed E-state index contributed by atoms with van der Waals surface area (Å²) in [7, 11) is 0. The minimum absolute atomic E-state index is 0.00731. The minimum atomic E-state index is 0.00731. The standard InChI is InChI=1S/C17H32O2/c1-7-12(3)9-14(5)16(18)11-17(19)15(6)10-13(4)8-2/h11-15,18H,7-10H2,1-6H3. The Balaban J connectivity index is 4.44. The van der Waals surface area contributed by atoms with Gasteiger partial charge in [-0.05, 0) is 24.7 Å². The lowest BCUT2D eigenvalue weighted by Gasteiger charge is -2.16. The summed E-state index contributed by atoms with van der Waals surface area (Å²) in [6.45, 7) is 12.6. The van der Waals surface area contributed by atoms with Crippen LogP contribution in [0.15, 0.2) is 11.8 Å². The first-order valence-electron chi connectivity index (χ1n) is 7.76. The van der Waals surface area contributed by atoms with Gasteiger partial charge in [0.15, 0.2) is 5.78 Å². The van der Waals surface area contributed by atoms with Gasteiger partial charge in [-0.15, -0.1) is 0 Å². The maximum atomic E-state index is 12.0. The molecule has 0 bridgehead atoms. The van der Waals surface area contributed by atoms with Crippen molar-refractivity contribution in [3.63, 3.8) is 0 Å². The summed E-state index contributed by atoms with van der Waals surface area (Å²) >= 11 is 0. The summed E-state index contributed by atoms with van der Waals surface area (Å²) in [4.78, 5) is 12.0. The molecule has 0 aromatic heterocycles. The van der Waals surface area contributed by atoms with Crippen LogP contribution in [-0.4, -0.2) is 10.9 Å². The van der Waals surface area contributed by atoms with Crippen LogP contribution in [-0.2, 0) is 4.79 Å². The first-order valence-corrected chi connectivity index (χ1v) is 7.76. The third-order valence-electron chi connectivity index (χ3n) is 4.19. The van der Waals surface area contributed by atoms with Gasteiger partial charge in [-0.3, -0.25) is 4.79 Å². The number of carbonyl (C=O) groups is 1. The van der Waals surface area contributed by atoms with Crippen molar-refractivity contribution in [1.29, 1.82) is 0 Å². The molecule has 2 heteroatoms. The molecule has 0 saturated carbocycles. The molecule has 0 aromatic carbocycles. The van der Waals surface area contributed by atoms with E-state index in [9.17, 15) is 9.90 Å². The molecule has 0 rings (SSSR count). The molecule has 0 aliphatic carbocycles. The van der Waals surface area contributed by atoms with Crippen LogP contribution in [0.25, 0.3) is 0 Å². The van der Waals surface area contributed by atoms with Crippen molar-refractivity contribution in [3.05, 3.63) is 11.8 Å². The third-order valence-corrected chi connectivity index (χ3v) is 4.19. The summed E-state index contributed by atoms with van der Waals surface area (Å²) in [6, 6.07) is 0. The number of carbonyl (C=O) groups excluding carboxylic acids is 1. The van der Waals surface area contributed by atoms with Gasteiger partial charge < -0.3 is 5.11 Å². The lowest BCUT2D eigenvalue weighted by molar-refractivity contribution is -0.118. The third kappa shape index (κ3) is 7.39. The fourth-order valence-corrected chi connectivity index (χ4v) is 2.21. The van der Waals surface area contributed by atoms with E-state index in [1.54, 1.807) is 0 Å². The number of hydrogen-bond donors (Lipinski definition) is 1. The normalized spacial score (nSPS) is 18.7. The Bertz CT molecular complexity index is 294. The average Bonchev–Trinajstić information content (AvgIpc) is 2.37. The number of hydrogen-bond acceptors (Lipinski definition) is 2. The highest BCUT2D eigenvalue weighted by atomic mass is 16.3. The Labute approximate surface area is 119 Å². The van der Waals surface area contributed by atoms with E-state index in [4.69, 9.17) is 0 Å². The number of allylic oxidation sites excluding steroid dienone is 2. The Hall–Kier alpha value is -0.790. The molecule has 0 aromatic rings. The number of ketones is 1. The molecule has 112 valence electrons. The predicted molar refractivity (Wildman–Crippen MR) is 82.2 cm³/mol. The van der Waals surface area contributed by atoms with E-state index >= 15 is 0 Å². The Morgan fingerprint density at radius 1 is 0.947 bits per heavy atom. The summed E-state index contributed by atoms with van der Waals surface area (Å²) in [5.74, 6) is 1.54. The average molecular weight is 268 g/mol. The summed E-state index contributed by atoms with van der Waals surface area (Å²) in [6.07, 6.45) is 5.50. The molecule has 0 amide bonds. The molecule has 0 radical (unpaired) electrons. The monoisotopic (exact) mass is 268 g/mol. The SMILES string of the molecule is CCC(C)CC(C)C(=O)C=C(O)C(C)CC(C)CC. The zero-order valence-corrected chi connectivity index (χ0v) is 13.6. The van der Waals surface area contributed by atoms with Crippen LogP contribution in [0.5, 0.6) is 0 Å². The van der Waals surface area contributed by atoms with E-state index in [0.29, 0.717) is 11.8 Å². The van der Waals surface area contributed by atoms with Crippen molar-refractivity contribution in [3.8, 4) is 0 Å². The van der Waals surface area contributed by atoms with Gasteiger partial charge in [-0.2, -0.15) is 0 Å². The van der Waals surface area contributed by atoms with Crippen molar-refractivity contribution in [2.45, 2.75) is 67.2 Å². The van der Waals surface area contributed by atoms with Crippen molar-refractivity contribution in [2.75, 3.05) is 0 Å². The second-order valence-corrected chi connectivity index (χ2v) is 6.27. The van der Waals surface area contributed by atoms with Crippen LogP contribution in [0, 0.1) is 23.7 Å². The smallest absolute Gasteiger partial charge is 0.161 e. The Kier molecular flexibility index (Phi) is 8.79. The van der Waals surface area contributed by atoms with Crippen molar-refractivity contribution in [1.82, 2.24) is 0 Å². The van der Waals surface area contributed by atoms with Gasteiger partial charge in [-0.25, -0.2) is 0 Å². The molecule has 1 N–H and O–H groups in total. The maximum Gasteiger partial charge on any atom is 0.161 e. The summed E-state index contributed by atoms with van der Waals surface area (Å²) in [5, 5.41) is 10.0. The van der Waals surface area contributed by atoms with Gasteiger partial charge >= 0.3 is 0 Å². The maximum absolute atomic E-state index is 12.0. The fourth-order valence-electron chi connectivity index (χ4n) is 2.21. The van der Waals surface area contributed by atoms with Crippen LogP contribution in [0.4, 0.5) is 0 Å². The molecule has 4 unspecified atom stereocenters. The molecule has 0 heterocycles. The highest BCUT2D eigenvalue weighted by Gasteiger charge is 2.17. The topological polar surface area (TPSA) is 37.3 Å².